The monoisotopic (exact) mass is 236 g/mol. The number of nitroso groups, excluding NO2 is 1. The first-order chi connectivity index (χ1) is 7.70. The molecule has 0 radical (unpaired) electrons. The molecule has 1 saturated carbocycles. The Morgan fingerprint density at radius 2 is 2.38 bits per heavy atom. The van der Waals surface area contributed by atoms with E-state index < -0.39 is 0 Å². The molecular weight excluding hydrogens is 224 g/mol. The second-order valence-corrected chi connectivity index (χ2v) is 5.33. The summed E-state index contributed by atoms with van der Waals surface area (Å²) in [6, 6.07) is 5.93. The highest BCUT2D eigenvalue weighted by Crippen LogP contribution is 2.37. The molecule has 5 nitrogen and oxygen atoms in total. The molecule has 6 heteroatoms. The summed E-state index contributed by atoms with van der Waals surface area (Å²) in [5.41, 5.74) is 2.08. The number of hydrogen-bond donors (Lipinski definition) is 2. The first-order valence-electron chi connectivity index (χ1n) is 5.18. The summed E-state index contributed by atoms with van der Waals surface area (Å²) in [6.45, 7) is 2.21. The molecule has 1 aromatic heterocycles. The Morgan fingerprint density at radius 1 is 1.56 bits per heavy atom. The van der Waals surface area contributed by atoms with Crippen LogP contribution in [0.25, 0.3) is 11.0 Å². The van der Waals surface area contributed by atoms with Gasteiger partial charge in [0.25, 0.3) is 0 Å². The molecule has 1 fully saturated rings. The molecule has 1 aliphatic carbocycles. The molecule has 0 unspecified atom stereocenters. The maximum Gasteiger partial charge on any atom is 0.113 e. The van der Waals surface area contributed by atoms with Gasteiger partial charge in [0, 0.05) is 10.4 Å². The molecule has 0 saturated heterocycles. The van der Waals surface area contributed by atoms with Gasteiger partial charge in [0.15, 0.2) is 0 Å². The molecule has 3 rings (SSSR count). The molecule has 0 aliphatic heterocycles. The van der Waals surface area contributed by atoms with Crippen molar-refractivity contribution in [1.82, 2.24) is 14.6 Å². The summed E-state index contributed by atoms with van der Waals surface area (Å²) in [7, 11) is 0. The quantitative estimate of drug-likeness (QED) is 0.633. The molecule has 1 aromatic carbocycles. The third-order valence-corrected chi connectivity index (χ3v) is 4.01. The first kappa shape index (κ1) is 9.92. The molecular formula is C10H12N4OS. The number of nitrogens with zero attached hydrogens (tertiary/aromatic N) is 2. The van der Waals surface area contributed by atoms with Crippen LogP contribution in [0.3, 0.4) is 0 Å². The van der Waals surface area contributed by atoms with E-state index in [0.29, 0.717) is 5.54 Å². The highest BCUT2D eigenvalue weighted by atomic mass is 32.2. The van der Waals surface area contributed by atoms with Crippen molar-refractivity contribution in [2.45, 2.75) is 30.2 Å². The van der Waals surface area contributed by atoms with Gasteiger partial charge in [-0.15, -0.1) is 9.70 Å². The Bertz CT molecular complexity index is 540. The van der Waals surface area contributed by atoms with Crippen LogP contribution in [0.15, 0.2) is 28.4 Å². The zero-order valence-electron chi connectivity index (χ0n) is 8.86. The second kappa shape index (κ2) is 3.36. The minimum Gasteiger partial charge on any atom is -0.273 e. The van der Waals surface area contributed by atoms with Crippen LogP contribution in [0.2, 0.25) is 0 Å². The van der Waals surface area contributed by atoms with Crippen LogP contribution in [-0.4, -0.2) is 15.4 Å². The van der Waals surface area contributed by atoms with Crippen LogP contribution in [0.1, 0.15) is 19.8 Å². The lowest BCUT2D eigenvalue weighted by Crippen LogP contribution is -2.19. The van der Waals surface area contributed by atoms with Crippen molar-refractivity contribution < 1.29 is 0 Å². The van der Waals surface area contributed by atoms with Gasteiger partial charge in [-0.25, -0.2) is 0 Å². The Morgan fingerprint density at radius 3 is 3.06 bits per heavy atom. The van der Waals surface area contributed by atoms with Crippen molar-refractivity contribution in [2.75, 3.05) is 0 Å². The van der Waals surface area contributed by atoms with E-state index in [1.165, 1.54) is 17.6 Å². The summed E-state index contributed by atoms with van der Waals surface area (Å²) in [4.78, 5) is 12.7. The third-order valence-electron chi connectivity index (χ3n) is 2.92. The van der Waals surface area contributed by atoms with Crippen molar-refractivity contribution in [2.24, 2.45) is 5.29 Å². The van der Waals surface area contributed by atoms with E-state index in [-0.39, 0.29) is 0 Å². The van der Waals surface area contributed by atoms with E-state index in [9.17, 15) is 4.91 Å². The molecule has 2 N–H and O–H groups in total. The van der Waals surface area contributed by atoms with E-state index in [2.05, 4.69) is 22.0 Å². The van der Waals surface area contributed by atoms with Gasteiger partial charge in [-0.05, 0) is 49.9 Å². The lowest BCUT2D eigenvalue weighted by molar-refractivity contribution is 0.701. The lowest BCUT2D eigenvalue weighted by atomic mass is 10.3. The fourth-order valence-electron chi connectivity index (χ4n) is 1.50. The topological polar surface area (TPSA) is 62.2 Å². The van der Waals surface area contributed by atoms with Crippen LogP contribution in [0.4, 0.5) is 0 Å². The fraction of sp³-hybridized carbons (Fsp3) is 0.400. The van der Waals surface area contributed by atoms with Crippen LogP contribution >= 0.6 is 11.9 Å². The zero-order chi connectivity index (χ0) is 11.2. The standard InChI is InChI=1S/C10H12N4OS/c1-10(4-5-10)12-16-7-2-3-8-9(6-7)14(11-8)13-15/h2-3,6,11-12H,4-5H2,1H3. The van der Waals surface area contributed by atoms with Gasteiger partial charge in [0.05, 0.1) is 10.8 Å². The van der Waals surface area contributed by atoms with E-state index in [0.717, 1.165) is 15.9 Å². The average Bonchev–Trinajstić information content (AvgIpc) is 2.98. The van der Waals surface area contributed by atoms with E-state index in [4.69, 9.17) is 0 Å². The van der Waals surface area contributed by atoms with Gasteiger partial charge in [0.1, 0.15) is 5.52 Å². The van der Waals surface area contributed by atoms with Crippen LogP contribution in [-0.2, 0) is 0 Å². The minimum absolute atomic E-state index is 0.300. The number of benzene rings is 1. The normalized spacial score (nSPS) is 17.8. The summed E-state index contributed by atoms with van der Waals surface area (Å²) in [5.74, 6) is 0. The molecule has 0 amide bonds. The third kappa shape index (κ3) is 1.64. The molecule has 16 heavy (non-hydrogen) atoms. The van der Waals surface area contributed by atoms with E-state index >= 15 is 0 Å². The highest BCUT2D eigenvalue weighted by molar-refractivity contribution is 7.97. The van der Waals surface area contributed by atoms with Gasteiger partial charge in [-0.1, -0.05) is 0 Å². The molecule has 1 heterocycles. The molecule has 0 atom stereocenters. The Labute approximate surface area is 96.6 Å². The van der Waals surface area contributed by atoms with Gasteiger partial charge in [0.2, 0.25) is 0 Å². The summed E-state index contributed by atoms with van der Waals surface area (Å²) in [5, 5.41) is 5.65. The van der Waals surface area contributed by atoms with E-state index in [1.807, 2.05) is 18.2 Å². The number of rotatable bonds is 4. The minimum atomic E-state index is 0.300. The van der Waals surface area contributed by atoms with Crippen molar-refractivity contribution in [1.29, 1.82) is 0 Å². The average molecular weight is 236 g/mol. The summed E-state index contributed by atoms with van der Waals surface area (Å²) >= 11 is 1.61. The Balaban J connectivity index is 1.78. The van der Waals surface area contributed by atoms with Gasteiger partial charge in [-0.3, -0.25) is 9.82 Å². The van der Waals surface area contributed by atoms with Crippen LogP contribution < -0.4 is 4.72 Å². The van der Waals surface area contributed by atoms with Crippen molar-refractivity contribution in [3.05, 3.63) is 23.1 Å². The predicted molar refractivity (Wildman–Crippen MR) is 64.1 cm³/mol. The molecule has 1 aliphatic rings. The molecule has 0 bridgehead atoms. The molecule has 0 spiro atoms. The number of aromatic nitrogens is 2. The first-order valence-corrected chi connectivity index (χ1v) is 6.00. The van der Waals surface area contributed by atoms with Gasteiger partial charge < -0.3 is 0 Å². The number of nitrogens with one attached hydrogen (secondary N) is 2. The fourth-order valence-corrected chi connectivity index (χ4v) is 2.38. The van der Waals surface area contributed by atoms with Crippen molar-refractivity contribution >= 4 is 23.0 Å². The Hall–Kier alpha value is -1.27. The maximum absolute atomic E-state index is 10.4. The summed E-state index contributed by atoms with van der Waals surface area (Å²) in [6.07, 6.45) is 2.46. The molecule has 84 valence electrons. The maximum atomic E-state index is 10.4. The smallest absolute Gasteiger partial charge is 0.113 e. The zero-order valence-corrected chi connectivity index (χ0v) is 9.67. The van der Waals surface area contributed by atoms with Crippen molar-refractivity contribution in [3.63, 3.8) is 0 Å². The van der Waals surface area contributed by atoms with E-state index in [1.54, 1.807) is 11.9 Å². The SMILES string of the molecule is CC1(NSc2ccc3[nH]n(N=O)c3c2)CC1. The summed E-state index contributed by atoms with van der Waals surface area (Å²) < 4.78 is 3.42. The van der Waals surface area contributed by atoms with Gasteiger partial charge >= 0.3 is 0 Å². The number of fused-ring (bicyclic) bond motifs is 1. The number of hydrogen-bond acceptors (Lipinski definition) is 4. The number of H-pyrrole nitrogens is 1. The second-order valence-electron chi connectivity index (χ2n) is 4.45. The molecule has 2 aromatic rings. The van der Waals surface area contributed by atoms with Crippen molar-refractivity contribution in [3.8, 4) is 0 Å². The largest absolute Gasteiger partial charge is 0.273 e. The lowest BCUT2D eigenvalue weighted by Gasteiger charge is -2.12. The predicted octanol–water partition coefficient (Wildman–Crippen LogP) is 2.65. The number of aromatic amines is 1. The Kier molecular flexibility index (Phi) is 2.08. The van der Waals surface area contributed by atoms with Crippen LogP contribution in [0, 0.1) is 4.91 Å². The van der Waals surface area contributed by atoms with Gasteiger partial charge in [-0.2, -0.15) is 0 Å². The van der Waals surface area contributed by atoms with Crippen LogP contribution in [0.5, 0.6) is 0 Å². The highest BCUT2D eigenvalue weighted by Gasteiger charge is 2.37.